The zero-order chi connectivity index (χ0) is 15.8. The second-order valence-corrected chi connectivity index (χ2v) is 6.19. The van der Waals surface area contributed by atoms with Crippen molar-refractivity contribution in [2.45, 2.75) is 5.75 Å². The molecule has 0 aliphatic carbocycles. The lowest BCUT2D eigenvalue weighted by molar-refractivity contribution is 0.637. The van der Waals surface area contributed by atoms with Crippen LogP contribution in [0.3, 0.4) is 0 Å². The zero-order valence-electron chi connectivity index (χ0n) is 12.7. The number of thiocarbonyl (C=S) groups is 1. The Kier molecular flexibility index (Phi) is 6.43. The van der Waals surface area contributed by atoms with E-state index in [-0.39, 0.29) is 0 Å². The van der Waals surface area contributed by atoms with Crippen LogP contribution in [0.2, 0.25) is 0 Å². The van der Waals surface area contributed by atoms with Gasteiger partial charge in [0.25, 0.3) is 0 Å². The van der Waals surface area contributed by atoms with E-state index in [1.165, 1.54) is 5.56 Å². The van der Waals surface area contributed by atoms with Gasteiger partial charge >= 0.3 is 0 Å². The SMILES string of the molecule is CN(C)/C(=N\C(=S)Nc1ccccc1)SCc1ccccc1. The van der Waals surface area contributed by atoms with Crippen molar-refractivity contribution in [2.75, 3.05) is 19.4 Å². The van der Waals surface area contributed by atoms with Gasteiger partial charge in [0.1, 0.15) is 0 Å². The van der Waals surface area contributed by atoms with E-state index >= 15 is 0 Å². The number of amidine groups is 1. The standard InChI is InChI=1S/C17H19N3S2/c1-20(2)17(22-13-14-9-5-3-6-10-14)19-16(21)18-15-11-7-4-8-12-15/h3-12H,13H2,1-2H3,(H,18,21)/b19-17+. The molecule has 3 nitrogen and oxygen atoms in total. The molecule has 0 aliphatic rings. The fourth-order valence-electron chi connectivity index (χ4n) is 1.74. The van der Waals surface area contributed by atoms with Gasteiger partial charge in [-0.1, -0.05) is 60.3 Å². The summed E-state index contributed by atoms with van der Waals surface area (Å²) < 4.78 is 0. The quantitative estimate of drug-likeness (QED) is 0.518. The van der Waals surface area contributed by atoms with Gasteiger partial charge in [-0.05, 0) is 29.9 Å². The highest BCUT2D eigenvalue weighted by atomic mass is 32.2. The van der Waals surface area contributed by atoms with E-state index in [9.17, 15) is 0 Å². The molecule has 0 bridgehead atoms. The number of hydrogen-bond donors (Lipinski definition) is 1. The molecule has 0 unspecified atom stereocenters. The van der Waals surface area contributed by atoms with Gasteiger partial charge in [-0.25, -0.2) is 0 Å². The predicted molar refractivity (Wildman–Crippen MR) is 102 cm³/mol. The van der Waals surface area contributed by atoms with Gasteiger partial charge < -0.3 is 10.2 Å². The number of nitrogens with zero attached hydrogens (tertiary/aromatic N) is 2. The van der Waals surface area contributed by atoms with Crippen LogP contribution in [0, 0.1) is 0 Å². The van der Waals surface area contributed by atoms with Crippen LogP contribution in [-0.4, -0.2) is 29.3 Å². The van der Waals surface area contributed by atoms with Gasteiger partial charge in [0.15, 0.2) is 10.3 Å². The van der Waals surface area contributed by atoms with Crippen LogP contribution in [0.1, 0.15) is 5.56 Å². The van der Waals surface area contributed by atoms with Crippen LogP contribution >= 0.6 is 24.0 Å². The van der Waals surface area contributed by atoms with Crippen molar-refractivity contribution in [3.63, 3.8) is 0 Å². The lowest BCUT2D eigenvalue weighted by Gasteiger charge is -2.15. The lowest BCUT2D eigenvalue weighted by Crippen LogP contribution is -2.21. The molecule has 0 radical (unpaired) electrons. The fourth-order valence-corrected chi connectivity index (χ4v) is 2.91. The van der Waals surface area contributed by atoms with E-state index in [0.717, 1.165) is 16.6 Å². The van der Waals surface area contributed by atoms with Crippen molar-refractivity contribution in [2.24, 2.45) is 4.99 Å². The normalized spacial score (nSPS) is 11.1. The number of aliphatic imine (C=N–C) groups is 1. The van der Waals surface area contributed by atoms with Crippen molar-refractivity contribution in [1.29, 1.82) is 0 Å². The Balaban J connectivity index is 1.99. The summed E-state index contributed by atoms with van der Waals surface area (Å²) >= 11 is 6.99. The van der Waals surface area contributed by atoms with Gasteiger partial charge in [-0.15, -0.1) is 0 Å². The first-order valence-corrected chi connectivity index (χ1v) is 8.33. The Bertz CT molecular complexity index is 625. The molecule has 0 saturated carbocycles. The van der Waals surface area contributed by atoms with Crippen molar-refractivity contribution in [3.8, 4) is 0 Å². The number of hydrogen-bond acceptors (Lipinski definition) is 2. The van der Waals surface area contributed by atoms with Crippen LogP contribution in [0.4, 0.5) is 5.69 Å². The van der Waals surface area contributed by atoms with Gasteiger partial charge in [-0.2, -0.15) is 4.99 Å². The molecule has 0 aliphatic heterocycles. The highest BCUT2D eigenvalue weighted by Gasteiger charge is 2.06. The first-order valence-electron chi connectivity index (χ1n) is 6.94. The number of anilines is 1. The molecule has 0 fully saturated rings. The van der Waals surface area contributed by atoms with Crippen molar-refractivity contribution >= 4 is 39.9 Å². The molecule has 2 aromatic rings. The lowest BCUT2D eigenvalue weighted by atomic mass is 10.2. The molecule has 5 heteroatoms. The Morgan fingerprint density at radius 2 is 1.64 bits per heavy atom. The van der Waals surface area contributed by atoms with Crippen LogP contribution in [0.5, 0.6) is 0 Å². The average Bonchev–Trinajstić information content (AvgIpc) is 2.53. The summed E-state index contributed by atoms with van der Waals surface area (Å²) in [5, 5.41) is 4.48. The maximum absolute atomic E-state index is 5.32. The van der Waals surface area contributed by atoms with Crippen molar-refractivity contribution in [1.82, 2.24) is 4.90 Å². The predicted octanol–water partition coefficient (Wildman–Crippen LogP) is 4.23. The summed E-state index contributed by atoms with van der Waals surface area (Å²) in [7, 11) is 3.95. The third kappa shape index (κ3) is 5.50. The number of rotatable bonds is 3. The monoisotopic (exact) mass is 329 g/mol. The second kappa shape index (κ2) is 8.56. The van der Waals surface area contributed by atoms with E-state index in [4.69, 9.17) is 12.2 Å². The maximum Gasteiger partial charge on any atom is 0.199 e. The number of nitrogens with one attached hydrogen (secondary N) is 1. The number of para-hydroxylation sites is 1. The topological polar surface area (TPSA) is 27.6 Å². The molecule has 0 aromatic heterocycles. The number of thioether (sulfide) groups is 1. The van der Waals surface area contributed by atoms with E-state index in [0.29, 0.717) is 5.11 Å². The molecule has 0 amide bonds. The Labute approximate surface area is 141 Å². The average molecular weight is 329 g/mol. The molecule has 2 rings (SSSR count). The van der Waals surface area contributed by atoms with Crippen molar-refractivity contribution < 1.29 is 0 Å². The van der Waals surface area contributed by atoms with E-state index < -0.39 is 0 Å². The largest absolute Gasteiger partial charge is 0.357 e. The summed E-state index contributed by atoms with van der Waals surface area (Å²) in [5.41, 5.74) is 2.21. The molecule has 2 aromatic carbocycles. The summed E-state index contributed by atoms with van der Waals surface area (Å²) in [6, 6.07) is 20.2. The molecular formula is C17H19N3S2. The summed E-state index contributed by atoms with van der Waals surface area (Å²) in [4.78, 5) is 6.49. The fraction of sp³-hybridized carbons (Fsp3) is 0.176. The van der Waals surface area contributed by atoms with E-state index in [1.807, 2.05) is 67.5 Å². The van der Waals surface area contributed by atoms with Gasteiger partial charge in [0.05, 0.1) is 0 Å². The molecule has 0 atom stereocenters. The molecule has 22 heavy (non-hydrogen) atoms. The molecule has 0 heterocycles. The van der Waals surface area contributed by atoms with Crippen LogP contribution in [-0.2, 0) is 5.75 Å². The minimum Gasteiger partial charge on any atom is -0.357 e. The second-order valence-electron chi connectivity index (χ2n) is 4.86. The Morgan fingerprint density at radius 1 is 1.05 bits per heavy atom. The Morgan fingerprint density at radius 3 is 2.23 bits per heavy atom. The third-order valence-corrected chi connectivity index (χ3v) is 4.20. The van der Waals surface area contributed by atoms with Gasteiger partial charge in [-0.3, -0.25) is 0 Å². The van der Waals surface area contributed by atoms with Crippen LogP contribution in [0.25, 0.3) is 0 Å². The van der Waals surface area contributed by atoms with Crippen molar-refractivity contribution in [3.05, 3.63) is 66.2 Å². The van der Waals surface area contributed by atoms with E-state index in [2.05, 4.69) is 22.4 Å². The van der Waals surface area contributed by atoms with Crippen LogP contribution < -0.4 is 5.32 Å². The third-order valence-electron chi connectivity index (χ3n) is 2.82. The summed E-state index contributed by atoms with van der Waals surface area (Å²) in [6.45, 7) is 0. The first kappa shape index (κ1) is 16.5. The molecule has 0 saturated heterocycles. The minimum atomic E-state index is 0.468. The smallest absolute Gasteiger partial charge is 0.199 e. The molecule has 114 valence electrons. The first-order chi connectivity index (χ1) is 10.6. The highest BCUT2D eigenvalue weighted by Crippen LogP contribution is 2.15. The maximum atomic E-state index is 5.32. The highest BCUT2D eigenvalue weighted by molar-refractivity contribution is 8.13. The molecule has 0 spiro atoms. The number of benzene rings is 2. The summed E-state index contributed by atoms with van der Waals surface area (Å²) in [6.07, 6.45) is 0. The van der Waals surface area contributed by atoms with Gasteiger partial charge in [0.2, 0.25) is 0 Å². The van der Waals surface area contributed by atoms with E-state index in [1.54, 1.807) is 11.8 Å². The summed E-state index contributed by atoms with van der Waals surface area (Å²) in [5.74, 6) is 0.867. The van der Waals surface area contributed by atoms with Crippen LogP contribution in [0.15, 0.2) is 65.7 Å². The Hall–Kier alpha value is -1.85. The van der Waals surface area contributed by atoms with Gasteiger partial charge in [0, 0.05) is 25.5 Å². The zero-order valence-corrected chi connectivity index (χ0v) is 14.3. The minimum absolute atomic E-state index is 0.468. The molecule has 1 N–H and O–H groups in total. The molecular weight excluding hydrogens is 310 g/mol.